The first kappa shape index (κ1) is 16.0. The van der Waals surface area contributed by atoms with Crippen LogP contribution in [0.3, 0.4) is 0 Å². The fourth-order valence-corrected chi connectivity index (χ4v) is 2.28. The summed E-state index contributed by atoms with van der Waals surface area (Å²) in [6.07, 6.45) is 0.953. The summed E-state index contributed by atoms with van der Waals surface area (Å²) in [6.45, 7) is 6.17. The van der Waals surface area contributed by atoms with Gasteiger partial charge in [-0.15, -0.1) is 0 Å². The van der Waals surface area contributed by atoms with Crippen molar-refractivity contribution in [2.24, 2.45) is 13.0 Å². The number of nitrogens with one attached hydrogen (secondary N) is 1. The molecule has 2 unspecified atom stereocenters. The molecule has 0 fully saturated rings. The number of halogens is 1. The van der Waals surface area contributed by atoms with Crippen molar-refractivity contribution in [3.05, 3.63) is 16.4 Å². The number of aromatic nitrogens is 2. The molecule has 1 aromatic rings. The Kier molecular flexibility index (Phi) is 5.82. The maximum Gasteiger partial charge on any atom is 0.256 e. The molecular weight excluding hydrogens is 266 g/mol. The third-order valence-corrected chi connectivity index (χ3v) is 3.40. The maximum absolute atomic E-state index is 12.1. The molecule has 0 bridgehead atoms. The summed E-state index contributed by atoms with van der Waals surface area (Å²) in [6, 6.07) is 0. The van der Waals surface area contributed by atoms with Gasteiger partial charge in [0.1, 0.15) is 5.15 Å². The minimum absolute atomic E-state index is 0.201. The largest absolute Gasteiger partial charge is 0.393 e. The molecule has 1 heterocycles. The van der Waals surface area contributed by atoms with Crippen LogP contribution < -0.4 is 5.32 Å². The molecule has 0 radical (unpaired) electrons. The quantitative estimate of drug-likeness (QED) is 0.838. The lowest BCUT2D eigenvalue weighted by molar-refractivity contribution is 0.0938. The molecule has 1 amide bonds. The van der Waals surface area contributed by atoms with Gasteiger partial charge < -0.3 is 10.4 Å². The number of carbonyl (C=O) groups excluding carboxylic acids is 1. The van der Waals surface area contributed by atoms with Gasteiger partial charge in [0, 0.05) is 13.6 Å². The summed E-state index contributed by atoms with van der Waals surface area (Å²) >= 11 is 6.09. The summed E-state index contributed by atoms with van der Waals surface area (Å²) in [5.74, 6) is 0.0110. The van der Waals surface area contributed by atoms with Gasteiger partial charge in [-0.1, -0.05) is 25.4 Å². The Hall–Kier alpha value is -1.07. The van der Waals surface area contributed by atoms with E-state index in [2.05, 4.69) is 10.4 Å². The van der Waals surface area contributed by atoms with Gasteiger partial charge in [0.2, 0.25) is 0 Å². The zero-order valence-electron chi connectivity index (χ0n) is 11.9. The Morgan fingerprint density at radius 2 is 2.16 bits per heavy atom. The van der Waals surface area contributed by atoms with Crippen molar-refractivity contribution in [3.8, 4) is 0 Å². The average Bonchev–Trinajstić information content (AvgIpc) is 2.61. The fourth-order valence-electron chi connectivity index (χ4n) is 2.05. The molecule has 1 rings (SSSR count). The molecule has 0 spiro atoms. The van der Waals surface area contributed by atoms with Gasteiger partial charge in [-0.25, -0.2) is 0 Å². The topological polar surface area (TPSA) is 67.2 Å². The summed E-state index contributed by atoms with van der Waals surface area (Å²) in [7, 11) is 1.72. The van der Waals surface area contributed by atoms with Crippen molar-refractivity contribution >= 4 is 17.5 Å². The van der Waals surface area contributed by atoms with Gasteiger partial charge in [-0.05, 0) is 25.7 Å². The Bertz CT molecular complexity index is 443. The number of hydrogen-bond acceptors (Lipinski definition) is 3. The van der Waals surface area contributed by atoms with Crippen molar-refractivity contribution in [2.45, 2.75) is 39.7 Å². The first-order valence-electron chi connectivity index (χ1n) is 6.54. The van der Waals surface area contributed by atoms with Crippen molar-refractivity contribution in [1.29, 1.82) is 0 Å². The van der Waals surface area contributed by atoms with E-state index in [9.17, 15) is 9.90 Å². The number of aliphatic hydroxyl groups excluding tert-OH is 1. The lowest BCUT2D eigenvalue weighted by atomic mass is 10.0. The number of hydrogen-bond donors (Lipinski definition) is 2. The highest BCUT2D eigenvalue weighted by Crippen LogP contribution is 2.19. The van der Waals surface area contributed by atoms with E-state index in [0.29, 0.717) is 35.8 Å². The molecule has 5 nitrogen and oxygen atoms in total. The monoisotopic (exact) mass is 287 g/mol. The molecule has 2 atom stereocenters. The van der Waals surface area contributed by atoms with E-state index in [1.807, 2.05) is 13.8 Å². The van der Waals surface area contributed by atoms with E-state index < -0.39 is 0 Å². The second-order valence-electron chi connectivity index (χ2n) is 4.99. The molecular formula is C13H22ClN3O2. The summed E-state index contributed by atoms with van der Waals surface area (Å²) in [5, 5.41) is 16.7. The van der Waals surface area contributed by atoms with E-state index in [1.54, 1.807) is 14.0 Å². The molecule has 0 aliphatic carbocycles. The van der Waals surface area contributed by atoms with Gasteiger partial charge >= 0.3 is 0 Å². The second-order valence-corrected chi connectivity index (χ2v) is 5.35. The van der Waals surface area contributed by atoms with Crippen LogP contribution in [0, 0.1) is 5.92 Å². The molecule has 0 saturated heterocycles. The van der Waals surface area contributed by atoms with E-state index in [1.165, 1.54) is 4.68 Å². The first-order valence-corrected chi connectivity index (χ1v) is 6.92. The van der Waals surface area contributed by atoms with Crippen LogP contribution in [0.5, 0.6) is 0 Å². The molecule has 0 saturated carbocycles. The van der Waals surface area contributed by atoms with Crippen molar-refractivity contribution in [2.75, 3.05) is 6.54 Å². The zero-order chi connectivity index (χ0) is 14.6. The SMILES string of the molecule is CCc1nn(C)c(Cl)c1C(=O)NCC(C)CC(C)O. The molecule has 2 N–H and O–H groups in total. The standard InChI is InChI=1S/C13H22ClN3O2/c1-5-10-11(12(14)17(4)16-10)13(19)15-7-8(2)6-9(3)18/h8-9,18H,5-7H2,1-4H3,(H,15,19). The number of aliphatic hydroxyl groups is 1. The predicted molar refractivity (Wildman–Crippen MR) is 75.4 cm³/mol. The number of aryl methyl sites for hydroxylation is 2. The van der Waals surface area contributed by atoms with Crippen LogP contribution in [0.15, 0.2) is 0 Å². The van der Waals surface area contributed by atoms with Crippen molar-refractivity contribution in [1.82, 2.24) is 15.1 Å². The number of rotatable bonds is 6. The van der Waals surface area contributed by atoms with Crippen molar-refractivity contribution in [3.63, 3.8) is 0 Å². The lowest BCUT2D eigenvalue weighted by Gasteiger charge is -2.14. The summed E-state index contributed by atoms with van der Waals surface area (Å²) in [5.41, 5.74) is 1.16. The lowest BCUT2D eigenvalue weighted by Crippen LogP contribution is -2.30. The van der Waals surface area contributed by atoms with Crippen LogP contribution in [-0.4, -0.2) is 33.4 Å². The minimum atomic E-state index is -0.361. The number of carbonyl (C=O) groups is 1. The number of amides is 1. The summed E-state index contributed by atoms with van der Waals surface area (Å²) < 4.78 is 1.51. The Balaban J connectivity index is 2.68. The van der Waals surface area contributed by atoms with Crippen LogP contribution in [0.2, 0.25) is 5.15 Å². The Morgan fingerprint density at radius 1 is 1.53 bits per heavy atom. The zero-order valence-corrected chi connectivity index (χ0v) is 12.7. The van der Waals surface area contributed by atoms with E-state index in [4.69, 9.17) is 11.6 Å². The molecule has 1 aromatic heterocycles. The van der Waals surface area contributed by atoms with Gasteiger partial charge in [0.05, 0.1) is 17.4 Å². The van der Waals surface area contributed by atoms with E-state index >= 15 is 0 Å². The molecule has 0 aromatic carbocycles. The highest BCUT2D eigenvalue weighted by atomic mass is 35.5. The Labute approximate surface area is 118 Å². The molecule has 19 heavy (non-hydrogen) atoms. The second kappa shape index (κ2) is 6.91. The average molecular weight is 288 g/mol. The van der Waals surface area contributed by atoms with Gasteiger partial charge in [0.25, 0.3) is 5.91 Å². The number of nitrogens with zero attached hydrogens (tertiary/aromatic N) is 2. The summed E-state index contributed by atoms with van der Waals surface area (Å²) in [4.78, 5) is 12.1. The van der Waals surface area contributed by atoms with Crippen LogP contribution in [0.4, 0.5) is 0 Å². The van der Waals surface area contributed by atoms with Crippen LogP contribution in [0.25, 0.3) is 0 Å². The molecule has 6 heteroatoms. The van der Waals surface area contributed by atoms with Crippen LogP contribution in [-0.2, 0) is 13.5 Å². The first-order chi connectivity index (χ1) is 8.86. The molecule has 0 aliphatic heterocycles. The van der Waals surface area contributed by atoms with E-state index in [-0.39, 0.29) is 17.9 Å². The van der Waals surface area contributed by atoms with Gasteiger partial charge in [-0.3, -0.25) is 9.48 Å². The maximum atomic E-state index is 12.1. The fraction of sp³-hybridized carbons (Fsp3) is 0.692. The van der Waals surface area contributed by atoms with E-state index in [0.717, 1.165) is 0 Å². The molecule has 108 valence electrons. The highest BCUT2D eigenvalue weighted by Gasteiger charge is 2.20. The normalized spacial score (nSPS) is 14.2. The Morgan fingerprint density at radius 3 is 2.68 bits per heavy atom. The van der Waals surface area contributed by atoms with Gasteiger partial charge in [0.15, 0.2) is 0 Å². The highest BCUT2D eigenvalue weighted by molar-refractivity contribution is 6.33. The molecule has 0 aliphatic rings. The third-order valence-electron chi connectivity index (χ3n) is 2.97. The minimum Gasteiger partial charge on any atom is -0.393 e. The third kappa shape index (κ3) is 4.21. The van der Waals surface area contributed by atoms with Crippen LogP contribution >= 0.6 is 11.6 Å². The van der Waals surface area contributed by atoms with Crippen LogP contribution in [0.1, 0.15) is 43.2 Å². The predicted octanol–water partition coefficient (Wildman–Crippen LogP) is 1.77. The van der Waals surface area contributed by atoms with Crippen molar-refractivity contribution < 1.29 is 9.90 Å². The smallest absolute Gasteiger partial charge is 0.256 e. The van der Waals surface area contributed by atoms with Gasteiger partial charge in [-0.2, -0.15) is 5.10 Å².